The molecular weight excluding hydrogens is 1910 g/mol. The van der Waals surface area contributed by atoms with E-state index < -0.39 is 41.5 Å². The number of benzene rings is 6. The Labute approximate surface area is 817 Å². The summed E-state index contributed by atoms with van der Waals surface area (Å²) >= 11 is 2.28. The number of Topliss-reactive ketones (excluding diaryl/α,β-unsaturated/α-hetero) is 2. The summed E-state index contributed by atoms with van der Waals surface area (Å²) in [7, 11) is 9.45. The highest BCUT2D eigenvalue weighted by Crippen LogP contribution is 2.55. The first-order valence-electron chi connectivity index (χ1n) is 46.7. The normalized spacial score (nSPS) is 17.5. The van der Waals surface area contributed by atoms with Crippen LogP contribution >= 0.6 is 22.6 Å². The third-order valence-electron chi connectivity index (χ3n) is 23.6. The predicted octanol–water partition coefficient (Wildman–Crippen LogP) is 9.45. The second-order valence-electron chi connectivity index (χ2n) is 32.3. The molecule has 756 valence electrons. The largest absolute Gasteiger partial charge is 0.497 e. The molecule has 1 saturated heterocycles. The Kier molecular flexibility index (Phi) is 45.4. The van der Waals surface area contributed by atoms with Crippen molar-refractivity contribution in [1.82, 2.24) is 5.06 Å². The van der Waals surface area contributed by atoms with Crippen molar-refractivity contribution in [2.24, 2.45) is 33.9 Å². The van der Waals surface area contributed by atoms with Crippen molar-refractivity contribution in [2.75, 3.05) is 282 Å². The van der Waals surface area contributed by atoms with Crippen LogP contribution in [0.2, 0.25) is 0 Å². The summed E-state index contributed by atoms with van der Waals surface area (Å²) < 4.78 is 142. The fourth-order valence-corrected chi connectivity index (χ4v) is 17.4. The minimum Gasteiger partial charge on any atom is -0.497 e. The highest BCUT2D eigenvalue weighted by molar-refractivity contribution is 14.1. The molecule has 38 nitrogen and oxygen atoms in total. The maximum Gasteiger partial charge on any atom is 0.335 e. The number of methoxy groups -OCH3 is 6. The molecule has 1 fully saturated rings. The molecule has 13 rings (SSSR count). The van der Waals surface area contributed by atoms with Gasteiger partial charge >= 0.3 is 5.97 Å². The third kappa shape index (κ3) is 30.6. The number of aliphatic hydroxyl groups is 2. The molecular formula is C99H130IN5O33. The Hall–Kier alpha value is -9.74. The van der Waals surface area contributed by atoms with Crippen molar-refractivity contribution < 1.29 is 157 Å². The van der Waals surface area contributed by atoms with Crippen LogP contribution in [0.3, 0.4) is 0 Å². The second kappa shape index (κ2) is 58.5. The molecule has 5 aliphatic heterocycles. The number of amides is 2. The van der Waals surface area contributed by atoms with Gasteiger partial charge in [-0.2, -0.15) is 10.2 Å². The average Bonchev–Trinajstić information content (AvgIpc) is 1.54. The van der Waals surface area contributed by atoms with E-state index in [1.54, 1.807) is 35.5 Å². The number of nitrogens with zero attached hydrogens (tertiary/aromatic N) is 5. The molecule has 6 atom stereocenters. The Balaban J connectivity index is 0.000000251. The number of fused-ring (bicyclic) bond motifs is 8. The molecule has 0 saturated carbocycles. The number of halogens is 1. The highest BCUT2D eigenvalue weighted by Gasteiger charge is 2.52. The van der Waals surface area contributed by atoms with Crippen molar-refractivity contribution >= 4 is 74.7 Å². The number of carbonyl (C=O) groups is 5. The minimum absolute atomic E-state index is 0.0460. The van der Waals surface area contributed by atoms with E-state index in [1.165, 1.54) is 7.11 Å². The number of ether oxygens (including phenoxy) is 25. The molecule has 0 aromatic heterocycles. The lowest BCUT2D eigenvalue weighted by Gasteiger charge is -2.38. The number of hydrogen-bond donors (Lipinski definition) is 2. The molecule has 0 bridgehead atoms. The maximum atomic E-state index is 14.8. The van der Waals surface area contributed by atoms with Gasteiger partial charge in [0, 0.05) is 101 Å². The molecule has 138 heavy (non-hydrogen) atoms. The van der Waals surface area contributed by atoms with Crippen molar-refractivity contribution in [3.05, 3.63) is 142 Å². The molecule has 7 aliphatic rings. The number of anilines is 2. The average molecular weight is 2050 g/mol. The Morgan fingerprint density at radius 1 is 0.377 bits per heavy atom. The molecule has 0 spiro atoms. The van der Waals surface area contributed by atoms with E-state index in [0.717, 1.165) is 78.7 Å². The Morgan fingerprint density at radius 2 is 0.688 bits per heavy atom. The number of hydroxylamine groups is 2. The fraction of sp³-hybridized carbons (Fsp3) is 0.566. The summed E-state index contributed by atoms with van der Waals surface area (Å²) in [6.07, 6.45) is 1.59. The van der Waals surface area contributed by atoms with Crippen molar-refractivity contribution in [3.8, 4) is 57.5 Å². The monoisotopic (exact) mass is 2040 g/mol. The van der Waals surface area contributed by atoms with E-state index in [-0.39, 0.29) is 89.1 Å². The maximum absolute atomic E-state index is 14.8. The van der Waals surface area contributed by atoms with Gasteiger partial charge < -0.3 is 133 Å². The summed E-state index contributed by atoms with van der Waals surface area (Å²) in [4.78, 5) is 69.1. The molecule has 39 heteroatoms. The zero-order chi connectivity index (χ0) is 97.0. The van der Waals surface area contributed by atoms with Gasteiger partial charge in [0.2, 0.25) is 13.6 Å². The molecule has 5 heterocycles. The molecule has 0 unspecified atom stereocenters. The third-order valence-corrected chi connectivity index (χ3v) is 24.1. The number of hydrazone groups is 2. The number of alkyl halides is 1. The molecule has 6 aromatic rings. The van der Waals surface area contributed by atoms with E-state index in [9.17, 15) is 34.2 Å². The number of hydrogen-bond acceptors (Lipinski definition) is 37. The molecule has 6 aromatic carbocycles. The molecule has 2 amide bonds. The first-order valence-corrected chi connectivity index (χ1v) is 48.2. The zero-order valence-corrected chi connectivity index (χ0v) is 81.6. The van der Waals surface area contributed by atoms with Crippen LogP contribution < -0.4 is 57.4 Å². The SMILES string of the molecule is COc1ccc(N2C[C@@H]3C(=N2)c2cc4c(cc2[C@@H](c2cc(CO)c(OC)c(OC)c2)[C@H]3C(=O)CCCOCCOCCOCCOCCOCCOCCOCCI)OCO4)cc1.COc1ccc(N2C[C@@H]3C(=N2)c2cc4c(cc2[C@@H](c2cc(CO)c(OC)c(OC)c2)[C@H]3C(=O)CCCOCCOCCOCCOCCOCCOCCOCCOCCC(=O)ON2C(=O)CCC2=O)OCO4)cc1. The lowest BCUT2D eigenvalue weighted by atomic mass is 9.63. The van der Waals surface area contributed by atoms with Gasteiger partial charge in [0.15, 0.2) is 46.0 Å². The number of ketones is 2. The standard InChI is InChI=1S/C53H69N3O19.C46H61IN2O14/c1-62-39-8-6-38(7-9-39)55-33-42-51(50(36-29-37(34-57)53(64-3)46(30-36)63-2)40-31-44-45(74-35-73-44)32-41(40)52(42)54-55)43(58)5-4-13-65-15-17-67-19-21-69-23-25-71-27-28-72-26-24-70-22-20-68-18-16-66-14-12-49(61)75-56-47(59)10-11-48(56)60;1-52-35-8-6-34(7-9-35)49-29-38-44(39(51)5-4-11-55-13-15-57-17-19-59-21-23-61-24-22-60-20-18-58-16-14-56-12-10-47)43(32-25-33(30-50)46(54-3)42(26-32)53-2)36-27-40-41(63-31-62-40)28-37(36)45(38)48-49/h6-9,29-32,42,50-51,57H,4-5,10-28,33-35H2,1-3H3;6-9,25-28,38,43-44,50H,4-5,10-24,29-31H2,1-3H3/t42-,50+,51+;38-,43+,44+/m00/s1. The van der Waals surface area contributed by atoms with Crippen molar-refractivity contribution in [1.29, 1.82) is 0 Å². The lowest BCUT2D eigenvalue weighted by molar-refractivity contribution is -0.198. The van der Waals surface area contributed by atoms with Crippen LogP contribution in [-0.4, -0.2) is 328 Å². The fourth-order valence-electron chi connectivity index (χ4n) is 17.1. The molecule has 0 radical (unpaired) electrons. The smallest absolute Gasteiger partial charge is 0.335 e. The Morgan fingerprint density at radius 3 is 0.993 bits per heavy atom. The lowest BCUT2D eigenvalue weighted by Crippen LogP contribution is -2.41. The summed E-state index contributed by atoms with van der Waals surface area (Å²) in [5.74, 6) is 1.60. The van der Waals surface area contributed by atoms with E-state index in [4.69, 9.17) is 133 Å². The van der Waals surface area contributed by atoms with Gasteiger partial charge in [-0.25, -0.2) is 4.79 Å². The van der Waals surface area contributed by atoms with E-state index >= 15 is 0 Å². The van der Waals surface area contributed by atoms with Crippen LogP contribution in [0.5, 0.6) is 57.5 Å². The van der Waals surface area contributed by atoms with Crippen LogP contribution in [0.15, 0.2) is 107 Å². The zero-order valence-electron chi connectivity index (χ0n) is 79.5. The van der Waals surface area contributed by atoms with Crippen molar-refractivity contribution in [3.63, 3.8) is 0 Å². The summed E-state index contributed by atoms with van der Waals surface area (Å²) in [5, 5.41) is 35.7. The van der Waals surface area contributed by atoms with Gasteiger partial charge in [0.25, 0.3) is 11.8 Å². The van der Waals surface area contributed by atoms with Crippen molar-refractivity contribution in [2.45, 2.75) is 70.0 Å². The second-order valence-corrected chi connectivity index (χ2v) is 33.4. The quantitative estimate of drug-likeness (QED) is 0.0155. The van der Waals surface area contributed by atoms with Gasteiger partial charge in [-0.15, -0.1) is 5.06 Å². The van der Waals surface area contributed by atoms with Crippen LogP contribution in [0, 0.1) is 23.7 Å². The number of rotatable bonds is 67. The van der Waals surface area contributed by atoms with E-state index in [0.29, 0.717) is 273 Å². The highest BCUT2D eigenvalue weighted by atomic mass is 127. The molecule has 2 aliphatic carbocycles. The van der Waals surface area contributed by atoms with Gasteiger partial charge in [0.1, 0.15) is 23.1 Å². The number of imide groups is 1. The van der Waals surface area contributed by atoms with Crippen LogP contribution in [0.1, 0.15) is 101 Å². The number of carbonyl (C=O) groups excluding carboxylic acids is 5. The minimum atomic E-state index is -0.711. The first-order chi connectivity index (χ1) is 67.7. The van der Waals surface area contributed by atoms with Crippen LogP contribution in [0.25, 0.3) is 0 Å². The van der Waals surface area contributed by atoms with Crippen LogP contribution in [0.4, 0.5) is 11.4 Å². The van der Waals surface area contributed by atoms with Gasteiger partial charge in [-0.05, 0) is 132 Å². The van der Waals surface area contributed by atoms with E-state index in [1.807, 2.05) is 107 Å². The number of aliphatic hydroxyl groups excluding tert-OH is 2. The molecule has 2 N–H and O–H groups in total. The van der Waals surface area contributed by atoms with Gasteiger partial charge in [-0.3, -0.25) is 29.2 Å². The topological polar surface area (TPSA) is 400 Å². The summed E-state index contributed by atoms with van der Waals surface area (Å²) in [6.45, 7) is 13.4. The Bertz CT molecular complexity index is 4790. The summed E-state index contributed by atoms with van der Waals surface area (Å²) in [5.41, 5.74) is 9.58. The van der Waals surface area contributed by atoms with Gasteiger partial charge in [0.05, 0.1) is 283 Å². The predicted molar refractivity (Wildman–Crippen MR) is 509 cm³/mol. The van der Waals surface area contributed by atoms with Crippen LogP contribution in [-0.2, 0) is 113 Å². The summed E-state index contributed by atoms with van der Waals surface area (Å²) in [6, 6.07) is 30.9. The first kappa shape index (κ1) is 107. The van der Waals surface area contributed by atoms with Gasteiger partial charge in [-0.1, -0.05) is 22.6 Å². The van der Waals surface area contributed by atoms with E-state index in [2.05, 4.69) is 22.6 Å².